The standard InChI is InChI=1S/C33H37N3O5S/c1-6-19-34-27-18-16-24(36(37)38)22-26(27)32(2,3)29(34)13-9-14-30-33(4,5)31-25-12-8-7-11-23(25)15-17-28(31)35(30)20-10-21-42(39,40)41/h7-9,11-18,22H,6,10,19-21H2,1-5H3/p+1. The number of non-ortho nitro benzene ring substituents is 1. The Morgan fingerprint density at radius 3 is 2.48 bits per heavy atom. The van der Waals surface area contributed by atoms with Crippen LogP contribution in [0.2, 0.25) is 0 Å². The van der Waals surface area contributed by atoms with Crippen LogP contribution in [0.4, 0.5) is 17.1 Å². The molecule has 0 spiro atoms. The van der Waals surface area contributed by atoms with Gasteiger partial charge in [-0.05, 0) is 54.8 Å². The summed E-state index contributed by atoms with van der Waals surface area (Å²) in [5.74, 6) is -0.307. The quantitative estimate of drug-likeness (QED) is 0.124. The minimum atomic E-state index is -4.07. The summed E-state index contributed by atoms with van der Waals surface area (Å²) in [7, 11) is -4.07. The lowest BCUT2D eigenvalue weighted by molar-refractivity contribution is -0.437. The zero-order valence-corrected chi connectivity index (χ0v) is 25.6. The molecule has 0 fully saturated rings. The van der Waals surface area contributed by atoms with Crippen molar-refractivity contribution in [2.75, 3.05) is 23.7 Å². The number of nitrogens with zero attached hydrogens (tertiary/aromatic N) is 3. The van der Waals surface area contributed by atoms with E-state index >= 15 is 0 Å². The van der Waals surface area contributed by atoms with Crippen LogP contribution in [-0.2, 0) is 20.9 Å². The van der Waals surface area contributed by atoms with Gasteiger partial charge in [0.25, 0.3) is 15.8 Å². The number of hydrogen-bond acceptors (Lipinski definition) is 5. The summed E-state index contributed by atoms with van der Waals surface area (Å²) in [5, 5.41) is 13.8. The summed E-state index contributed by atoms with van der Waals surface area (Å²) in [4.78, 5) is 13.4. The first-order valence-corrected chi connectivity index (χ1v) is 16.0. The monoisotopic (exact) mass is 588 g/mol. The Balaban J connectivity index is 1.59. The Hall–Kier alpha value is -3.82. The van der Waals surface area contributed by atoms with Gasteiger partial charge in [-0.1, -0.05) is 51.1 Å². The maximum absolute atomic E-state index is 11.5. The van der Waals surface area contributed by atoms with E-state index in [-0.39, 0.29) is 28.2 Å². The zero-order chi connectivity index (χ0) is 30.4. The van der Waals surface area contributed by atoms with Crippen LogP contribution in [0, 0.1) is 10.1 Å². The number of rotatable bonds is 9. The van der Waals surface area contributed by atoms with Crippen LogP contribution in [0.25, 0.3) is 10.8 Å². The van der Waals surface area contributed by atoms with E-state index in [9.17, 15) is 23.1 Å². The third-order valence-electron chi connectivity index (χ3n) is 8.58. The van der Waals surface area contributed by atoms with E-state index in [1.165, 1.54) is 5.56 Å². The Bertz CT molecular complexity index is 1780. The van der Waals surface area contributed by atoms with Gasteiger partial charge in [0, 0.05) is 59.6 Å². The van der Waals surface area contributed by atoms with Crippen molar-refractivity contribution in [2.45, 2.75) is 58.3 Å². The number of nitro groups is 1. The molecule has 2 aliphatic rings. The van der Waals surface area contributed by atoms with Crippen molar-refractivity contribution in [3.8, 4) is 0 Å². The minimum Gasteiger partial charge on any atom is -0.344 e. The molecule has 220 valence electrons. The van der Waals surface area contributed by atoms with Crippen LogP contribution in [0.15, 0.2) is 78.5 Å². The summed E-state index contributed by atoms with van der Waals surface area (Å²) in [6.45, 7) is 11.9. The molecule has 0 bridgehead atoms. The average Bonchev–Trinajstić information content (AvgIpc) is 3.27. The third kappa shape index (κ3) is 5.16. The molecule has 0 aliphatic carbocycles. The maximum Gasteiger partial charge on any atom is 0.269 e. The molecule has 0 saturated carbocycles. The van der Waals surface area contributed by atoms with Crippen molar-refractivity contribution >= 4 is 43.7 Å². The van der Waals surface area contributed by atoms with E-state index in [1.807, 2.05) is 24.3 Å². The smallest absolute Gasteiger partial charge is 0.269 e. The third-order valence-corrected chi connectivity index (χ3v) is 9.38. The highest BCUT2D eigenvalue weighted by Crippen LogP contribution is 2.49. The van der Waals surface area contributed by atoms with Gasteiger partial charge in [0.1, 0.15) is 6.54 Å². The van der Waals surface area contributed by atoms with Gasteiger partial charge in [-0.15, -0.1) is 0 Å². The van der Waals surface area contributed by atoms with Crippen molar-refractivity contribution in [2.24, 2.45) is 0 Å². The van der Waals surface area contributed by atoms with Crippen LogP contribution in [0.5, 0.6) is 0 Å². The highest BCUT2D eigenvalue weighted by atomic mass is 32.2. The number of hydrogen-bond donors (Lipinski definition) is 1. The molecule has 1 N–H and O–H groups in total. The minimum absolute atomic E-state index is 0.0869. The summed E-state index contributed by atoms with van der Waals surface area (Å²) in [6, 6.07) is 17.6. The van der Waals surface area contributed by atoms with Crippen LogP contribution in [-0.4, -0.2) is 47.0 Å². The van der Waals surface area contributed by atoms with Gasteiger partial charge < -0.3 is 4.90 Å². The SMILES string of the molecule is CCCN1/C(=C\C=C\C2=[N+](CCCS(=O)(=O)O)c3ccc4ccccc4c3C2(C)C)C(C)(C)c2cc([N+](=O)[O-])ccc21. The molecule has 0 unspecified atom stereocenters. The van der Waals surface area contributed by atoms with Gasteiger partial charge in [-0.3, -0.25) is 14.7 Å². The zero-order valence-electron chi connectivity index (χ0n) is 24.8. The topological polar surface area (TPSA) is 104 Å². The molecule has 0 radical (unpaired) electrons. The van der Waals surface area contributed by atoms with E-state index < -0.39 is 15.5 Å². The molecule has 8 nitrogen and oxygen atoms in total. The van der Waals surface area contributed by atoms with Gasteiger partial charge in [-0.2, -0.15) is 13.0 Å². The number of nitro benzene ring substituents is 1. The summed E-state index contributed by atoms with van der Waals surface area (Å²) >= 11 is 0. The number of allylic oxidation sites excluding steroid dienone is 4. The predicted molar refractivity (Wildman–Crippen MR) is 169 cm³/mol. The van der Waals surface area contributed by atoms with Crippen molar-refractivity contribution < 1.29 is 22.5 Å². The van der Waals surface area contributed by atoms with Gasteiger partial charge >= 0.3 is 0 Å². The Morgan fingerprint density at radius 1 is 1.05 bits per heavy atom. The van der Waals surface area contributed by atoms with Crippen LogP contribution < -0.4 is 4.90 Å². The molecule has 0 amide bonds. The molecule has 0 aromatic heterocycles. The van der Waals surface area contributed by atoms with Gasteiger partial charge in [0.2, 0.25) is 5.69 Å². The van der Waals surface area contributed by atoms with Crippen molar-refractivity contribution in [3.63, 3.8) is 0 Å². The second kappa shape index (κ2) is 10.8. The molecule has 5 rings (SSSR count). The van der Waals surface area contributed by atoms with Crippen molar-refractivity contribution in [3.05, 3.63) is 99.8 Å². The van der Waals surface area contributed by atoms with Gasteiger partial charge in [0.05, 0.1) is 16.1 Å². The highest BCUT2D eigenvalue weighted by molar-refractivity contribution is 7.85. The first-order valence-electron chi connectivity index (χ1n) is 14.3. The fraction of sp³-hybridized carbons (Fsp3) is 0.364. The maximum atomic E-state index is 11.5. The van der Waals surface area contributed by atoms with E-state index in [2.05, 4.69) is 80.5 Å². The number of anilines is 1. The number of fused-ring (bicyclic) bond motifs is 4. The average molecular weight is 589 g/mol. The molecule has 0 saturated heterocycles. The molecule has 9 heteroatoms. The molecule has 2 heterocycles. The van der Waals surface area contributed by atoms with E-state index in [4.69, 9.17) is 0 Å². The number of benzene rings is 3. The fourth-order valence-electron chi connectivity index (χ4n) is 6.65. The first-order chi connectivity index (χ1) is 19.8. The molecule has 2 aliphatic heterocycles. The Labute approximate surface area is 247 Å². The summed E-state index contributed by atoms with van der Waals surface area (Å²) in [5.41, 5.74) is 5.52. The van der Waals surface area contributed by atoms with Gasteiger partial charge in [0.15, 0.2) is 5.71 Å². The van der Waals surface area contributed by atoms with Crippen molar-refractivity contribution in [1.29, 1.82) is 0 Å². The molecular formula is C33H38N3O5S+. The van der Waals surface area contributed by atoms with E-state index in [0.29, 0.717) is 6.54 Å². The largest absolute Gasteiger partial charge is 0.344 e. The van der Waals surface area contributed by atoms with Crippen LogP contribution in [0.3, 0.4) is 0 Å². The second-order valence-corrected chi connectivity index (χ2v) is 13.7. The van der Waals surface area contributed by atoms with Crippen molar-refractivity contribution in [1.82, 2.24) is 0 Å². The first kappa shape index (κ1) is 29.7. The Morgan fingerprint density at radius 2 is 1.79 bits per heavy atom. The van der Waals surface area contributed by atoms with Gasteiger partial charge in [-0.25, -0.2) is 0 Å². The summed E-state index contributed by atoms with van der Waals surface area (Å²) in [6.07, 6.45) is 7.44. The summed E-state index contributed by atoms with van der Waals surface area (Å²) < 4.78 is 34.6. The lowest BCUT2D eigenvalue weighted by atomic mass is 9.79. The van der Waals surface area contributed by atoms with E-state index in [0.717, 1.165) is 52.1 Å². The molecular weight excluding hydrogens is 550 g/mol. The van der Waals surface area contributed by atoms with Crippen LogP contribution >= 0.6 is 0 Å². The lowest BCUT2D eigenvalue weighted by Gasteiger charge is -2.26. The molecule has 42 heavy (non-hydrogen) atoms. The normalized spacial score (nSPS) is 18.3. The molecule has 3 aromatic carbocycles. The predicted octanol–water partition coefficient (Wildman–Crippen LogP) is 7.05. The van der Waals surface area contributed by atoms with E-state index in [1.54, 1.807) is 12.1 Å². The highest BCUT2D eigenvalue weighted by Gasteiger charge is 2.45. The second-order valence-electron chi connectivity index (χ2n) is 12.1. The molecule has 3 aromatic rings. The Kier molecular flexibility index (Phi) is 7.62. The van der Waals surface area contributed by atoms with Crippen LogP contribution in [0.1, 0.15) is 58.6 Å². The molecule has 0 atom stereocenters. The fourth-order valence-corrected chi connectivity index (χ4v) is 7.15. The lowest BCUT2D eigenvalue weighted by Crippen LogP contribution is -2.28.